The van der Waals surface area contributed by atoms with Crippen LogP contribution < -0.4 is 15.8 Å². The van der Waals surface area contributed by atoms with Crippen LogP contribution in [-0.2, 0) is 22.9 Å². The number of carbonyl (C=O) groups is 1. The van der Waals surface area contributed by atoms with E-state index >= 15 is 0 Å². The monoisotopic (exact) mass is 444 g/mol. The third-order valence-corrected chi connectivity index (χ3v) is 6.53. The van der Waals surface area contributed by atoms with Crippen LogP contribution in [0.15, 0.2) is 59.5 Å². The van der Waals surface area contributed by atoms with Gasteiger partial charge in [0.25, 0.3) is 5.91 Å². The molecule has 0 spiro atoms. The molecular weight excluding hydrogens is 420 g/mol. The molecule has 0 saturated carbocycles. The smallest absolute Gasteiger partial charge is 0.263 e. The van der Waals surface area contributed by atoms with Crippen LogP contribution in [0.5, 0.6) is 0 Å². The molecule has 0 aliphatic carbocycles. The highest BCUT2D eigenvalue weighted by atomic mass is 32.2. The Morgan fingerprint density at radius 1 is 1.00 bits per heavy atom. The van der Waals surface area contributed by atoms with Gasteiger partial charge in [-0.3, -0.25) is 4.79 Å². The van der Waals surface area contributed by atoms with Crippen LogP contribution in [0.25, 0.3) is 0 Å². The number of carbonyl (C=O) groups excluding carboxylic acids is 1. The molecule has 158 valence electrons. The highest BCUT2D eigenvalue weighted by Gasteiger charge is 2.15. The molecular formula is C21H24N4O3S2. The van der Waals surface area contributed by atoms with Gasteiger partial charge in [0.05, 0.1) is 10.6 Å². The summed E-state index contributed by atoms with van der Waals surface area (Å²) in [6.07, 6.45) is 1.46. The fraction of sp³-hybridized carbons (Fsp3) is 0.238. The number of aromatic nitrogens is 1. The lowest BCUT2D eigenvalue weighted by atomic mass is 10.1. The number of hydrogen-bond acceptors (Lipinski definition) is 6. The maximum atomic E-state index is 12.5. The van der Waals surface area contributed by atoms with Gasteiger partial charge in [-0.1, -0.05) is 53.8 Å². The number of aryl methyl sites for hydroxylation is 1. The Balaban J connectivity index is 1.48. The van der Waals surface area contributed by atoms with Crippen molar-refractivity contribution in [3.8, 4) is 0 Å². The van der Waals surface area contributed by atoms with Crippen molar-refractivity contribution in [3.05, 3.63) is 76.3 Å². The summed E-state index contributed by atoms with van der Waals surface area (Å²) in [6.45, 7) is 2.99. The molecule has 0 aliphatic heterocycles. The van der Waals surface area contributed by atoms with Crippen molar-refractivity contribution in [1.29, 1.82) is 0 Å². The van der Waals surface area contributed by atoms with Gasteiger partial charge in [-0.15, -0.1) is 0 Å². The molecule has 0 fully saturated rings. The summed E-state index contributed by atoms with van der Waals surface area (Å²) in [5, 5.41) is 12.0. The molecule has 3 rings (SSSR count). The molecule has 7 nitrogen and oxygen atoms in total. The first kappa shape index (κ1) is 21.9. The topological polar surface area (TPSA) is 114 Å². The van der Waals surface area contributed by atoms with E-state index in [0.29, 0.717) is 23.5 Å². The van der Waals surface area contributed by atoms with Crippen molar-refractivity contribution in [2.24, 2.45) is 5.14 Å². The molecule has 0 aliphatic rings. The number of amides is 1. The van der Waals surface area contributed by atoms with E-state index < -0.39 is 10.0 Å². The van der Waals surface area contributed by atoms with Crippen molar-refractivity contribution in [1.82, 2.24) is 10.3 Å². The minimum atomic E-state index is -3.70. The Morgan fingerprint density at radius 2 is 1.63 bits per heavy atom. The fourth-order valence-corrected chi connectivity index (χ4v) is 4.31. The van der Waals surface area contributed by atoms with E-state index in [2.05, 4.69) is 27.8 Å². The third-order valence-electron chi connectivity index (χ3n) is 4.49. The normalized spacial score (nSPS) is 11.3. The Morgan fingerprint density at radius 3 is 2.30 bits per heavy atom. The molecule has 4 N–H and O–H groups in total. The van der Waals surface area contributed by atoms with Gasteiger partial charge in [0.1, 0.15) is 4.88 Å². The standard InChI is InChI=1S/C21H24N4O3S2/c1-15-19(29-21(25-15)24-14-12-16-5-3-2-4-6-16)20(26)23-13-11-17-7-9-18(10-8-17)30(22,27)28/h2-10H,11-14H2,1H3,(H,23,26)(H,24,25)(H2,22,27,28). The van der Waals surface area contributed by atoms with Crippen LogP contribution in [0.4, 0.5) is 5.13 Å². The predicted octanol–water partition coefficient (Wildman–Crippen LogP) is 2.73. The minimum Gasteiger partial charge on any atom is -0.361 e. The number of nitrogens with one attached hydrogen (secondary N) is 2. The lowest BCUT2D eigenvalue weighted by Crippen LogP contribution is -2.25. The predicted molar refractivity (Wildman–Crippen MR) is 119 cm³/mol. The Bertz CT molecular complexity index is 1100. The summed E-state index contributed by atoms with van der Waals surface area (Å²) in [7, 11) is -3.70. The highest BCUT2D eigenvalue weighted by molar-refractivity contribution is 7.89. The van der Waals surface area contributed by atoms with Gasteiger partial charge in [-0.25, -0.2) is 18.5 Å². The summed E-state index contributed by atoms with van der Waals surface area (Å²) in [5.41, 5.74) is 2.84. The quantitative estimate of drug-likeness (QED) is 0.470. The zero-order valence-electron chi connectivity index (χ0n) is 16.6. The first-order valence-electron chi connectivity index (χ1n) is 9.48. The molecule has 9 heteroatoms. The molecule has 0 saturated heterocycles. The summed E-state index contributed by atoms with van der Waals surface area (Å²) in [4.78, 5) is 17.6. The van der Waals surface area contributed by atoms with Gasteiger partial charge in [-0.2, -0.15) is 0 Å². The van der Waals surface area contributed by atoms with E-state index in [0.717, 1.165) is 23.7 Å². The zero-order valence-corrected chi connectivity index (χ0v) is 18.2. The summed E-state index contributed by atoms with van der Waals surface area (Å²) >= 11 is 1.34. The number of sulfonamides is 1. The van der Waals surface area contributed by atoms with Gasteiger partial charge in [0.2, 0.25) is 10.0 Å². The average molecular weight is 445 g/mol. The Hall–Kier alpha value is -2.75. The fourth-order valence-electron chi connectivity index (χ4n) is 2.89. The van der Waals surface area contributed by atoms with Gasteiger partial charge in [0.15, 0.2) is 5.13 Å². The van der Waals surface area contributed by atoms with Crippen LogP contribution in [0.2, 0.25) is 0 Å². The van der Waals surface area contributed by atoms with E-state index in [4.69, 9.17) is 5.14 Å². The van der Waals surface area contributed by atoms with Crippen molar-refractivity contribution >= 4 is 32.4 Å². The van der Waals surface area contributed by atoms with Crippen LogP contribution in [-0.4, -0.2) is 32.4 Å². The minimum absolute atomic E-state index is 0.0721. The number of benzene rings is 2. The lowest BCUT2D eigenvalue weighted by Gasteiger charge is -2.05. The maximum Gasteiger partial charge on any atom is 0.263 e. The number of rotatable bonds is 9. The second kappa shape index (κ2) is 9.84. The van der Waals surface area contributed by atoms with Crippen LogP contribution >= 0.6 is 11.3 Å². The summed E-state index contributed by atoms with van der Waals surface area (Å²) < 4.78 is 22.6. The molecule has 1 amide bonds. The van der Waals surface area contributed by atoms with Crippen molar-refractivity contribution < 1.29 is 13.2 Å². The third kappa shape index (κ3) is 6.12. The van der Waals surface area contributed by atoms with E-state index in [9.17, 15) is 13.2 Å². The largest absolute Gasteiger partial charge is 0.361 e. The van der Waals surface area contributed by atoms with Crippen molar-refractivity contribution in [2.45, 2.75) is 24.7 Å². The van der Waals surface area contributed by atoms with Crippen LogP contribution in [0, 0.1) is 6.92 Å². The first-order valence-corrected chi connectivity index (χ1v) is 11.8. The highest BCUT2D eigenvalue weighted by Crippen LogP contribution is 2.22. The van der Waals surface area contributed by atoms with E-state index in [1.54, 1.807) is 12.1 Å². The molecule has 0 radical (unpaired) electrons. The number of hydrogen-bond donors (Lipinski definition) is 3. The number of anilines is 1. The van der Waals surface area contributed by atoms with Crippen LogP contribution in [0.3, 0.4) is 0 Å². The first-order chi connectivity index (χ1) is 14.3. The molecule has 3 aromatic rings. The molecule has 1 aromatic heterocycles. The van der Waals surface area contributed by atoms with Gasteiger partial charge >= 0.3 is 0 Å². The Kier molecular flexibility index (Phi) is 7.20. The van der Waals surface area contributed by atoms with E-state index in [-0.39, 0.29) is 10.8 Å². The molecule has 30 heavy (non-hydrogen) atoms. The van der Waals surface area contributed by atoms with Gasteiger partial charge in [0, 0.05) is 13.1 Å². The van der Waals surface area contributed by atoms with Crippen molar-refractivity contribution in [3.63, 3.8) is 0 Å². The Labute approximate surface area is 180 Å². The number of primary sulfonamides is 1. The lowest BCUT2D eigenvalue weighted by molar-refractivity contribution is 0.0957. The molecule has 2 aromatic carbocycles. The van der Waals surface area contributed by atoms with E-state index in [1.165, 1.54) is 29.0 Å². The zero-order chi connectivity index (χ0) is 21.6. The molecule has 1 heterocycles. The SMILES string of the molecule is Cc1nc(NCCc2ccccc2)sc1C(=O)NCCc1ccc(S(N)(=O)=O)cc1. The summed E-state index contributed by atoms with van der Waals surface area (Å²) in [5.74, 6) is -0.165. The number of thiazole rings is 1. The molecule has 0 atom stereocenters. The second-order valence-electron chi connectivity index (χ2n) is 6.79. The van der Waals surface area contributed by atoms with Gasteiger partial charge < -0.3 is 10.6 Å². The number of nitrogens with zero attached hydrogens (tertiary/aromatic N) is 1. The van der Waals surface area contributed by atoms with E-state index in [1.807, 2.05) is 25.1 Å². The number of nitrogens with two attached hydrogens (primary N) is 1. The van der Waals surface area contributed by atoms with Crippen molar-refractivity contribution in [2.75, 3.05) is 18.4 Å². The second-order valence-corrected chi connectivity index (χ2v) is 9.35. The van der Waals surface area contributed by atoms with Gasteiger partial charge in [-0.05, 0) is 43.0 Å². The molecule has 0 bridgehead atoms. The average Bonchev–Trinajstić information content (AvgIpc) is 3.09. The summed E-state index contributed by atoms with van der Waals surface area (Å²) in [6, 6.07) is 16.5. The van der Waals surface area contributed by atoms with Crippen LogP contribution in [0.1, 0.15) is 26.5 Å². The maximum absolute atomic E-state index is 12.5. The molecule has 0 unspecified atom stereocenters.